The van der Waals surface area contributed by atoms with E-state index in [1.807, 2.05) is 18.2 Å². The summed E-state index contributed by atoms with van der Waals surface area (Å²) < 4.78 is 1.02. The highest BCUT2D eigenvalue weighted by Crippen LogP contribution is 2.21. The predicted molar refractivity (Wildman–Crippen MR) is 78.5 cm³/mol. The van der Waals surface area contributed by atoms with Crippen molar-refractivity contribution in [1.82, 2.24) is 5.32 Å². The lowest BCUT2D eigenvalue weighted by molar-refractivity contribution is 0.516. The van der Waals surface area contributed by atoms with Crippen molar-refractivity contribution in [2.45, 2.75) is 37.7 Å². The van der Waals surface area contributed by atoms with Gasteiger partial charge in [0, 0.05) is 26.9 Å². The summed E-state index contributed by atoms with van der Waals surface area (Å²) in [7, 11) is 0. The molecule has 0 amide bonds. The maximum Gasteiger partial charge on any atom is 0.0462 e. The molecule has 1 aromatic carbocycles. The summed E-state index contributed by atoms with van der Waals surface area (Å²) >= 11 is 13.1. The average molecular weight is 370 g/mol. The first-order valence-corrected chi connectivity index (χ1v) is 7.39. The summed E-state index contributed by atoms with van der Waals surface area (Å²) in [5.74, 6) is 0. The number of rotatable bonds is 5. The maximum atomic E-state index is 6.14. The van der Waals surface area contributed by atoms with Gasteiger partial charge in [-0.2, -0.15) is 0 Å². The molecule has 0 aromatic heterocycles. The molecule has 4 heteroatoms. The number of alkyl halides is 1. The number of hydrogen-bond acceptors (Lipinski definition) is 1. The molecule has 2 unspecified atom stereocenters. The largest absolute Gasteiger partial charge is 0.310 e. The van der Waals surface area contributed by atoms with Crippen LogP contribution in [0.15, 0.2) is 22.7 Å². The summed E-state index contributed by atoms with van der Waals surface area (Å²) in [6.07, 6.45) is 1.11. The lowest BCUT2D eigenvalue weighted by Crippen LogP contribution is -2.27. The molecule has 0 aliphatic carbocycles. The third-order valence-electron chi connectivity index (χ3n) is 2.33. The van der Waals surface area contributed by atoms with Crippen LogP contribution in [0.2, 0.25) is 5.02 Å². The molecule has 0 bridgehead atoms. The standard InChI is InChI=1S/C12H16Br2ClN/c1-8(13)5-9(2)16-7-10-3-4-11(14)6-12(10)15/h3-4,6,8-9,16H,5,7H2,1-2H3. The van der Waals surface area contributed by atoms with E-state index < -0.39 is 0 Å². The van der Waals surface area contributed by atoms with Gasteiger partial charge in [-0.05, 0) is 31.0 Å². The summed E-state index contributed by atoms with van der Waals surface area (Å²) in [5, 5.41) is 4.27. The van der Waals surface area contributed by atoms with E-state index in [1.165, 1.54) is 0 Å². The minimum atomic E-state index is 0.481. The average Bonchev–Trinajstić information content (AvgIpc) is 2.15. The summed E-state index contributed by atoms with van der Waals surface area (Å²) in [6.45, 7) is 5.16. The van der Waals surface area contributed by atoms with Gasteiger partial charge in [-0.15, -0.1) is 0 Å². The van der Waals surface area contributed by atoms with Gasteiger partial charge in [-0.25, -0.2) is 0 Å². The normalized spacial score (nSPS) is 14.8. The van der Waals surface area contributed by atoms with E-state index in [-0.39, 0.29) is 0 Å². The molecule has 90 valence electrons. The Labute approximate surface area is 119 Å². The van der Waals surface area contributed by atoms with Crippen LogP contribution in [-0.4, -0.2) is 10.9 Å². The Bertz CT molecular complexity index is 342. The maximum absolute atomic E-state index is 6.14. The second kappa shape index (κ2) is 7.00. The van der Waals surface area contributed by atoms with Gasteiger partial charge in [-0.1, -0.05) is 56.5 Å². The monoisotopic (exact) mass is 367 g/mol. The van der Waals surface area contributed by atoms with Crippen LogP contribution in [0, 0.1) is 0 Å². The zero-order valence-corrected chi connectivity index (χ0v) is 13.4. The Hall–Kier alpha value is 0.430. The molecule has 0 saturated heterocycles. The zero-order chi connectivity index (χ0) is 12.1. The van der Waals surface area contributed by atoms with Gasteiger partial charge in [0.2, 0.25) is 0 Å². The lowest BCUT2D eigenvalue weighted by atomic mass is 10.1. The molecule has 0 spiro atoms. The third kappa shape index (κ3) is 5.17. The van der Waals surface area contributed by atoms with Crippen LogP contribution in [0.1, 0.15) is 25.8 Å². The number of benzene rings is 1. The third-order valence-corrected chi connectivity index (χ3v) is 3.55. The molecule has 0 heterocycles. The van der Waals surface area contributed by atoms with Crippen molar-refractivity contribution < 1.29 is 0 Å². The minimum Gasteiger partial charge on any atom is -0.310 e. The first-order chi connectivity index (χ1) is 7.49. The zero-order valence-electron chi connectivity index (χ0n) is 9.43. The fourth-order valence-corrected chi connectivity index (χ4v) is 2.82. The van der Waals surface area contributed by atoms with Crippen LogP contribution in [-0.2, 0) is 6.54 Å². The quantitative estimate of drug-likeness (QED) is 0.738. The van der Waals surface area contributed by atoms with Gasteiger partial charge < -0.3 is 5.32 Å². The molecule has 0 saturated carbocycles. The van der Waals surface area contributed by atoms with Crippen LogP contribution in [0.25, 0.3) is 0 Å². The lowest BCUT2D eigenvalue weighted by Gasteiger charge is -2.15. The van der Waals surface area contributed by atoms with Gasteiger partial charge >= 0.3 is 0 Å². The van der Waals surface area contributed by atoms with E-state index in [0.29, 0.717) is 10.9 Å². The summed E-state index contributed by atoms with van der Waals surface area (Å²) in [5.41, 5.74) is 1.14. The van der Waals surface area contributed by atoms with Crippen LogP contribution >= 0.6 is 43.5 Å². The van der Waals surface area contributed by atoms with Crippen LogP contribution in [0.3, 0.4) is 0 Å². The SMILES string of the molecule is CC(Br)CC(C)NCc1ccc(Br)cc1Cl. The number of nitrogens with one attached hydrogen (secondary N) is 1. The van der Waals surface area contributed by atoms with Crippen molar-refractivity contribution in [3.8, 4) is 0 Å². The van der Waals surface area contributed by atoms with E-state index in [0.717, 1.165) is 28.0 Å². The molecular formula is C12H16Br2ClN. The smallest absolute Gasteiger partial charge is 0.0462 e. The Morgan fingerprint density at radius 2 is 2.06 bits per heavy atom. The fraction of sp³-hybridized carbons (Fsp3) is 0.500. The Morgan fingerprint density at radius 3 is 2.62 bits per heavy atom. The van der Waals surface area contributed by atoms with Crippen molar-refractivity contribution in [1.29, 1.82) is 0 Å². The van der Waals surface area contributed by atoms with Crippen molar-refractivity contribution in [3.63, 3.8) is 0 Å². The van der Waals surface area contributed by atoms with Gasteiger partial charge in [0.25, 0.3) is 0 Å². The molecule has 0 aliphatic rings. The molecule has 1 aromatic rings. The number of halogens is 3. The van der Waals surface area contributed by atoms with Crippen molar-refractivity contribution in [3.05, 3.63) is 33.3 Å². The summed E-state index contributed by atoms with van der Waals surface area (Å²) in [4.78, 5) is 0.537. The van der Waals surface area contributed by atoms with Gasteiger partial charge in [0.1, 0.15) is 0 Å². The highest BCUT2D eigenvalue weighted by atomic mass is 79.9. The van der Waals surface area contributed by atoms with E-state index in [9.17, 15) is 0 Å². The van der Waals surface area contributed by atoms with Crippen LogP contribution < -0.4 is 5.32 Å². The van der Waals surface area contributed by atoms with Crippen LogP contribution in [0.5, 0.6) is 0 Å². The molecule has 0 fully saturated rings. The van der Waals surface area contributed by atoms with Crippen molar-refractivity contribution in [2.24, 2.45) is 0 Å². The molecule has 1 nitrogen and oxygen atoms in total. The molecular weight excluding hydrogens is 353 g/mol. The first kappa shape index (κ1) is 14.5. The molecule has 1 N–H and O–H groups in total. The van der Waals surface area contributed by atoms with E-state index >= 15 is 0 Å². The fourth-order valence-electron chi connectivity index (χ4n) is 1.52. The van der Waals surface area contributed by atoms with E-state index in [4.69, 9.17) is 11.6 Å². The van der Waals surface area contributed by atoms with E-state index in [1.54, 1.807) is 0 Å². The molecule has 0 aliphatic heterocycles. The van der Waals surface area contributed by atoms with Crippen molar-refractivity contribution in [2.75, 3.05) is 0 Å². The van der Waals surface area contributed by atoms with Crippen molar-refractivity contribution >= 4 is 43.5 Å². The Morgan fingerprint density at radius 1 is 1.38 bits per heavy atom. The second-order valence-electron chi connectivity index (χ2n) is 4.03. The second-order valence-corrected chi connectivity index (χ2v) is 6.92. The predicted octanol–water partition coefficient (Wildman–Crippen LogP) is 4.75. The van der Waals surface area contributed by atoms with Gasteiger partial charge in [0.05, 0.1) is 0 Å². The van der Waals surface area contributed by atoms with E-state index in [2.05, 4.69) is 51.0 Å². The topological polar surface area (TPSA) is 12.0 Å². The highest BCUT2D eigenvalue weighted by Gasteiger charge is 2.07. The molecule has 16 heavy (non-hydrogen) atoms. The Kier molecular flexibility index (Phi) is 6.34. The molecule has 1 rings (SSSR count). The highest BCUT2D eigenvalue weighted by molar-refractivity contribution is 9.10. The first-order valence-electron chi connectivity index (χ1n) is 5.30. The molecule has 0 radical (unpaired) electrons. The number of hydrogen-bond donors (Lipinski definition) is 1. The summed E-state index contributed by atoms with van der Waals surface area (Å²) in [6, 6.07) is 6.47. The minimum absolute atomic E-state index is 0.481. The molecule has 2 atom stereocenters. The van der Waals surface area contributed by atoms with Gasteiger partial charge in [0.15, 0.2) is 0 Å². The van der Waals surface area contributed by atoms with Gasteiger partial charge in [-0.3, -0.25) is 0 Å². The Balaban J connectivity index is 2.48. The van der Waals surface area contributed by atoms with Crippen LogP contribution in [0.4, 0.5) is 0 Å².